The monoisotopic (exact) mass is 354 g/mol. The van der Waals surface area contributed by atoms with E-state index in [2.05, 4.69) is 10.6 Å². The second-order valence-corrected chi connectivity index (χ2v) is 6.11. The molecular weight excluding hydrogens is 332 g/mol. The number of rotatable bonds is 5. The normalized spacial score (nSPS) is 14.5. The predicted molar refractivity (Wildman–Crippen MR) is 99.6 cm³/mol. The number of hydrogen-bond donors (Lipinski definition) is 2. The third kappa shape index (κ3) is 4.40. The highest BCUT2D eigenvalue weighted by molar-refractivity contribution is 6.10. The SMILES string of the molecule is COc1cccc(NC(=O)c2ccccc2NC(=O)C2CCOCC2)c1. The number of carbonyl (C=O) groups excluding carboxylic acids is 2. The van der Waals surface area contributed by atoms with Crippen LogP contribution in [0.4, 0.5) is 11.4 Å². The van der Waals surface area contributed by atoms with Gasteiger partial charge in [-0.05, 0) is 37.1 Å². The van der Waals surface area contributed by atoms with Gasteiger partial charge in [-0.3, -0.25) is 9.59 Å². The molecule has 26 heavy (non-hydrogen) atoms. The number of methoxy groups -OCH3 is 1. The second kappa shape index (κ2) is 8.49. The number of nitrogens with one attached hydrogen (secondary N) is 2. The third-order valence-corrected chi connectivity index (χ3v) is 4.35. The van der Waals surface area contributed by atoms with Crippen LogP contribution in [0.15, 0.2) is 48.5 Å². The van der Waals surface area contributed by atoms with Crippen LogP contribution in [0.3, 0.4) is 0 Å². The van der Waals surface area contributed by atoms with Gasteiger partial charge in [-0.1, -0.05) is 18.2 Å². The molecular formula is C20H22N2O4. The van der Waals surface area contributed by atoms with E-state index in [0.29, 0.717) is 48.7 Å². The summed E-state index contributed by atoms with van der Waals surface area (Å²) < 4.78 is 10.5. The van der Waals surface area contributed by atoms with Crippen LogP contribution in [0, 0.1) is 5.92 Å². The van der Waals surface area contributed by atoms with Gasteiger partial charge in [0.25, 0.3) is 5.91 Å². The van der Waals surface area contributed by atoms with Crippen molar-refractivity contribution in [1.29, 1.82) is 0 Å². The summed E-state index contributed by atoms with van der Waals surface area (Å²) in [6.45, 7) is 1.19. The number of carbonyl (C=O) groups is 2. The zero-order valence-electron chi connectivity index (χ0n) is 14.7. The predicted octanol–water partition coefficient (Wildman–Crippen LogP) is 3.31. The lowest BCUT2D eigenvalue weighted by molar-refractivity contribution is -0.122. The van der Waals surface area contributed by atoms with Gasteiger partial charge in [0.15, 0.2) is 0 Å². The number of para-hydroxylation sites is 1. The smallest absolute Gasteiger partial charge is 0.257 e. The fourth-order valence-corrected chi connectivity index (χ4v) is 2.88. The minimum atomic E-state index is -0.291. The average Bonchev–Trinajstić information content (AvgIpc) is 2.69. The van der Waals surface area contributed by atoms with Gasteiger partial charge in [0.1, 0.15) is 5.75 Å². The summed E-state index contributed by atoms with van der Waals surface area (Å²) >= 11 is 0. The maximum Gasteiger partial charge on any atom is 0.257 e. The molecule has 136 valence electrons. The van der Waals surface area contributed by atoms with Gasteiger partial charge in [-0.2, -0.15) is 0 Å². The molecule has 2 amide bonds. The number of ether oxygens (including phenoxy) is 2. The molecule has 1 saturated heterocycles. The zero-order valence-corrected chi connectivity index (χ0v) is 14.7. The Hall–Kier alpha value is -2.86. The van der Waals surface area contributed by atoms with Crippen LogP contribution in [0.5, 0.6) is 5.75 Å². The molecule has 1 fully saturated rings. The van der Waals surface area contributed by atoms with Gasteiger partial charge in [-0.15, -0.1) is 0 Å². The van der Waals surface area contributed by atoms with E-state index in [1.807, 2.05) is 0 Å². The first-order valence-electron chi connectivity index (χ1n) is 8.60. The van der Waals surface area contributed by atoms with Crippen molar-refractivity contribution >= 4 is 23.2 Å². The minimum absolute atomic E-state index is 0.0741. The molecule has 2 aromatic rings. The number of benzene rings is 2. The molecule has 1 aliphatic heterocycles. The number of amides is 2. The molecule has 1 aliphatic rings. The van der Waals surface area contributed by atoms with Crippen molar-refractivity contribution in [2.24, 2.45) is 5.92 Å². The first-order chi connectivity index (χ1) is 12.7. The van der Waals surface area contributed by atoms with E-state index in [0.717, 1.165) is 0 Å². The molecule has 1 heterocycles. The van der Waals surface area contributed by atoms with E-state index in [-0.39, 0.29) is 17.7 Å². The molecule has 0 unspecified atom stereocenters. The van der Waals surface area contributed by atoms with Crippen LogP contribution < -0.4 is 15.4 Å². The summed E-state index contributed by atoms with van der Waals surface area (Å²) in [5.41, 5.74) is 1.54. The molecule has 0 bridgehead atoms. The quantitative estimate of drug-likeness (QED) is 0.864. The van der Waals surface area contributed by atoms with Crippen LogP contribution in [-0.4, -0.2) is 32.1 Å². The lowest BCUT2D eigenvalue weighted by Crippen LogP contribution is -2.29. The summed E-state index contributed by atoms with van der Waals surface area (Å²) in [7, 11) is 1.57. The highest BCUT2D eigenvalue weighted by atomic mass is 16.5. The topological polar surface area (TPSA) is 76.7 Å². The summed E-state index contributed by atoms with van der Waals surface area (Å²) in [6, 6.07) is 14.1. The summed E-state index contributed by atoms with van der Waals surface area (Å²) in [5, 5.41) is 5.73. The van der Waals surface area contributed by atoms with Gasteiger partial charge < -0.3 is 20.1 Å². The van der Waals surface area contributed by atoms with E-state index in [1.165, 1.54) is 0 Å². The van der Waals surface area contributed by atoms with E-state index < -0.39 is 0 Å². The van der Waals surface area contributed by atoms with Crippen LogP contribution in [0.25, 0.3) is 0 Å². The van der Waals surface area contributed by atoms with Gasteiger partial charge in [0.2, 0.25) is 5.91 Å². The molecule has 0 atom stereocenters. The maximum absolute atomic E-state index is 12.7. The van der Waals surface area contributed by atoms with Crippen molar-refractivity contribution in [2.75, 3.05) is 31.0 Å². The van der Waals surface area contributed by atoms with Crippen molar-refractivity contribution in [3.05, 3.63) is 54.1 Å². The fourth-order valence-electron chi connectivity index (χ4n) is 2.88. The average molecular weight is 354 g/mol. The Labute approximate surface area is 152 Å². The van der Waals surface area contributed by atoms with Crippen LogP contribution in [0.1, 0.15) is 23.2 Å². The first kappa shape index (κ1) is 17.9. The zero-order chi connectivity index (χ0) is 18.4. The Morgan fingerprint density at radius 2 is 1.81 bits per heavy atom. The van der Waals surface area contributed by atoms with Crippen molar-refractivity contribution in [3.63, 3.8) is 0 Å². The summed E-state index contributed by atoms with van der Waals surface area (Å²) in [5.74, 6) is 0.207. The fraction of sp³-hybridized carbons (Fsp3) is 0.300. The standard InChI is InChI=1S/C20H22N2O4/c1-25-16-6-4-5-15(13-16)21-20(24)17-7-2-3-8-18(17)22-19(23)14-9-11-26-12-10-14/h2-8,13-14H,9-12H2,1H3,(H,21,24)(H,22,23). The number of anilines is 2. The van der Waals surface area contributed by atoms with E-state index >= 15 is 0 Å². The van der Waals surface area contributed by atoms with Gasteiger partial charge in [0, 0.05) is 30.9 Å². The van der Waals surface area contributed by atoms with Crippen LogP contribution in [-0.2, 0) is 9.53 Å². The van der Waals surface area contributed by atoms with E-state index in [4.69, 9.17) is 9.47 Å². The largest absolute Gasteiger partial charge is 0.497 e. The molecule has 0 aliphatic carbocycles. The summed E-state index contributed by atoms with van der Waals surface area (Å²) in [4.78, 5) is 25.1. The van der Waals surface area contributed by atoms with Crippen molar-refractivity contribution in [1.82, 2.24) is 0 Å². The van der Waals surface area contributed by atoms with Crippen LogP contribution in [0.2, 0.25) is 0 Å². The Bertz CT molecular complexity index is 785. The van der Waals surface area contributed by atoms with Crippen molar-refractivity contribution < 1.29 is 19.1 Å². The second-order valence-electron chi connectivity index (χ2n) is 6.11. The van der Waals surface area contributed by atoms with Gasteiger partial charge in [-0.25, -0.2) is 0 Å². The number of hydrogen-bond acceptors (Lipinski definition) is 4. The molecule has 0 spiro atoms. The van der Waals surface area contributed by atoms with Crippen molar-refractivity contribution in [2.45, 2.75) is 12.8 Å². The maximum atomic E-state index is 12.7. The highest BCUT2D eigenvalue weighted by Gasteiger charge is 2.23. The van der Waals surface area contributed by atoms with Crippen molar-refractivity contribution in [3.8, 4) is 5.75 Å². The Morgan fingerprint density at radius 3 is 2.58 bits per heavy atom. The Balaban J connectivity index is 1.73. The molecule has 0 saturated carbocycles. The van der Waals surface area contributed by atoms with Crippen LogP contribution >= 0.6 is 0 Å². The lowest BCUT2D eigenvalue weighted by Gasteiger charge is -2.21. The lowest BCUT2D eigenvalue weighted by atomic mass is 9.99. The Kier molecular flexibility index (Phi) is 5.86. The van der Waals surface area contributed by atoms with E-state index in [9.17, 15) is 9.59 Å². The first-order valence-corrected chi connectivity index (χ1v) is 8.60. The summed E-state index contributed by atoms with van der Waals surface area (Å²) in [6.07, 6.45) is 1.40. The van der Waals surface area contributed by atoms with Gasteiger partial charge in [0.05, 0.1) is 18.4 Å². The molecule has 6 nitrogen and oxygen atoms in total. The molecule has 0 aromatic heterocycles. The molecule has 3 rings (SSSR count). The minimum Gasteiger partial charge on any atom is -0.497 e. The Morgan fingerprint density at radius 1 is 1.04 bits per heavy atom. The molecule has 6 heteroatoms. The molecule has 2 aromatic carbocycles. The highest BCUT2D eigenvalue weighted by Crippen LogP contribution is 2.22. The third-order valence-electron chi connectivity index (χ3n) is 4.35. The van der Waals surface area contributed by atoms with Gasteiger partial charge >= 0.3 is 0 Å². The van der Waals surface area contributed by atoms with E-state index in [1.54, 1.807) is 55.6 Å². The molecule has 0 radical (unpaired) electrons. The molecule has 2 N–H and O–H groups in total.